The average Bonchev–Trinajstić information content (AvgIpc) is 3.27. The van der Waals surface area contributed by atoms with Crippen LogP contribution in [0.25, 0.3) is 28.1 Å². The van der Waals surface area contributed by atoms with E-state index in [4.69, 9.17) is 20.4 Å². The lowest BCUT2D eigenvalue weighted by Crippen LogP contribution is -2.40. The summed E-state index contributed by atoms with van der Waals surface area (Å²) in [5.41, 5.74) is 12.0. The molecule has 6 heterocycles. The Morgan fingerprint density at radius 1 is 1.21 bits per heavy atom. The molecule has 2 bridgehead atoms. The zero-order valence-corrected chi connectivity index (χ0v) is 22.6. The Kier molecular flexibility index (Phi) is 5.46. The van der Waals surface area contributed by atoms with E-state index in [9.17, 15) is 10.1 Å². The van der Waals surface area contributed by atoms with E-state index in [0.29, 0.717) is 23.0 Å². The highest BCUT2D eigenvalue weighted by Gasteiger charge is 2.47. The molecule has 39 heavy (non-hydrogen) atoms. The number of hydrogen-bond acceptors (Lipinski definition) is 6. The van der Waals surface area contributed by atoms with Gasteiger partial charge >= 0.3 is 0 Å². The van der Waals surface area contributed by atoms with Gasteiger partial charge in [0.05, 0.1) is 36.2 Å². The number of amides is 1. The van der Waals surface area contributed by atoms with Gasteiger partial charge in [0.15, 0.2) is 5.88 Å². The van der Waals surface area contributed by atoms with Crippen molar-refractivity contribution >= 4 is 22.6 Å². The van der Waals surface area contributed by atoms with E-state index >= 15 is 0 Å². The third-order valence-corrected chi connectivity index (χ3v) is 8.98. The van der Waals surface area contributed by atoms with Gasteiger partial charge in [-0.3, -0.25) is 9.20 Å². The molecular formula is C30H33N7O2. The fourth-order valence-corrected chi connectivity index (χ4v) is 6.68. The van der Waals surface area contributed by atoms with E-state index < -0.39 is 0 Å². The van der Waals surface area contributed by atoms with E-state index in [1.807, 2.05) is 41.3 Å². The molecule has 2 aliphatic heterocycles. The number of nitrogens with zero attached hydrogens (tertiary/aromatic N) is 6. The highest BCUT2D eigenvalue weighted by Crippen LogP contribution is 2.40. The molecule has 1 unspecified atom stereocenters. The Bertz CT molecular complexity index is 1670. The van der Waals surface area contributed by atoms with Gasteiger partial charge in [0, 0.05) is 41.7 Å². The summed E-state index contributed by atoms with van der Waals surface area (Å²) in [5, 5.41) is 10.5. The largest absolute Gasteiger partial charge is 0.482 e. The monoisotopic (exact) mass is 523 g/mol. The number of nitrogens with two attached hydrogens (primary N) is 1. The Morgan fingerprint density at radius 3 is 2.69 bits per heavy atom. The molecule has 0 radical (unpaired) electrons. The summed E-state index contributed by atoms with van der Waals surface area (Å²) >= 11 is 0. The molecule has 200 valence electrons. The fraction of sp³-hybridized carbons (Fsp3) is 0.467. The van der Waals surface area contributed by atoms with Crippen LogP contribution < -0.4 is 10.5 Å². The van der Waals surface area contributed by atoms with Crippen LogP contribution in [0.1, 0.15) is 66.7 Å². The van der Waals surface area contributed by atoms with Crippen LogP contribution in [0.5, 0.6) is 5.88 Å². The van der Waals surface area contributed by atoms with Crippen LogP contribution in [0.3, 0.4) is 0 Å². The van der Waals surface area contributed by atoms with Crippen LogP contribution in [0.15, 0.2) is 30.3 Å². The summed E-state index contributed by atoms with van der Waals surface area (Å²) in [6, 6.07) is 12.5. The van der Waals surface area contributed by atoms with Gasteiger partial charge in [-0.25, -0.2) is 9.97 Å². The molecule has 1 aliphatic carbocycles. The first-order chi connectivity index (χ1) is 18.9. The molecule has 3 aliphatic rings. The van der Waals surface area contributed by atoms with E-state index in [1.54, 1.807) is 7.11 Å². The van der Waals surface area contributed by atoms with Crippen molar-refractivity contribution < 1.29 is 9.53 Å². The number of imidazole rings is 1. The minimum absolute atomic E-state index is 0.00430. The smallest absolute Gasteiger partial charge is 0.254 e. The molecular weight excluding hydrogens is 490 g/mol. The molecule has 3 fully saturated rings. The fourth-order valence-electron chi connectivity index (χ4n) is 6.68. The first-order valence-corrected chi connectivity index (χ1v) is 13.9. The minimum Gasteiger partial charge on any atom is -0.482 e. The van der Waals surface area contributed by atoms with Crippen LogP contribution in [-0.2, 0) is 6.54 Å². The maximum absolute atomic E-state index is 13.7. The number of hydrogen-bond donors (Lipinski definition) is 1. The summed E-state index contributed by atoms with van der Waals surface area (Å²) in [7, 11) is 1.63. The van der Waals surface area contributed by atoms with Crippen molar-refractivity contribution in [3.8, 4) is 23.3 Å². The normalized spacial score (nSPS) is 23.1. The lowest BCUT2D eigenvalue weighted by Gasteiger charge is -2.23. The van der Waals surface area contributed by atoms with Gasteiger partial charge in [-0.05, 0) is 76.1 Å². The molecule has 1 amide bonds. The SMILES string of the molecule is COc1cc(C(=O)N2[C@H]3CC[C@@H]2[C@H](N)C3)cc2nc(-c3cc4ccc(C(C)C#N)nc4n3CC3CC3)c(C)n12. The second kappa shape index (κ2) is 8.82. The lowest BCUT2D eigenvalue weighted by molar-refractivity contribution is 0.0726. The topological polar surface area (TPSA) is 114 Å². The van der Waals surface area contributed by atoms with E-state index in [0.717, 1.165) is 59.6 Å². The number of methoxy groups -OCH3 is 1. The number of carbonyl (C=O) groups excluding carboxylic acids is 1. The highest BCUT2D eigenvalue weighted by atomic mass is 16.5. The van der Waals surface area contributed by atoms with Crippen molar-refractivity contribution in [3.05, 3.63) is 47.3 Å². The Labute approximate surface area is 227 Å². The second-order valence-corrected chi connectivity index (χ2v) is 11.5. The zero-order valence-electron chi connectivity index (χ0n) is 22.6. The Balaban J connectivity index is 1.36. The predicted molar refractivity (Wildman–Crippen MR) is 148 cm³/mol. The van der Waals surface area contributed by atoms with Gasteiger partial charge in [0.1, 0.15) is 17.0 Å². The maximum atomic E-state index is 13.7. The molecule has 9 nitrogen and oxygen atoms in total. The van der Waals surface area contributed by atoms with Crippen molar-refractivity contribution in [2.24, 2.45) is 11.7 Å². The van der Waals surface area contributed by atoms with Crippen LogP contribution in [0.4, 0.5) is 0 Å². The number of aryl methyl sites for hydroxylation is 1. The number of pyridine rings is 2. The summed E-state index contributed by atoms with van der Waals surface area (Å²) in [5.74, 6) is 0.928. The summed E-state index contributed by atoms with van der Waals surface area (Å²) < 4.78 is 10.0. The maximum Gasteiger partial charge on any atom is 0.254 e. The van der Waals surface area contributed by atoms with Crippen molar-refractivity contribution in [2.45, 2.75) is 76.5 Å². The summed E-state index contributed by atoms with van der Waals surface area (Å²) in [6.07, 6.45) is 5.28. The number of rotatable bonds is 6. The molecule has 0 spiro atoms. The quantitative estimate of drug-likeness (QED) is 0.400. The Morgan fingerprint density at radius 2 is 2.03 bits per heavy atom. The third-order valence-electron chi connectivity index (χ3n) is 8.98. The minimum atomic E-state index is -0.278. The molecule has 7 rings (SSSR count). The number of aromatic nitrogens is 4. The number of fused-ring (bicyclic) bond motifs is 4. The van der Waals surface area contributed by atoms with Gasteiger partial charge < -0.3 is 19.9 Å². The molecule has 4 aromatic rings. The van der Waals surface area contributed by atoms with Crippen molar-refractivity contribution in [1.29, 1.82) is 5.26 Å². The van der Waals surface area contributed by atoms with Crippen molar-refractivity contribution in [2.75, 3.05) is 7.11 Å². The first-order valence-electron chi connectivity index (χ1n) is 13.9. The van der Waals surface area contributed by atoms with Crippen LogP contribution in [0.2, 0.25) is 0 Å². The molecule has 9 heteroatoms. The molecule has 1 saturated carbocycles. The van der Waals surface area contributed by atoms with Gasteiger partial charge in [-0.1, -0.05) is 0 Å². The summed E-state index contributed by atoms with van der Waals surface area (Å²) in [4.78, 5) is 25.7. The van der Waals surface area contributed by atoms with Gasteiger partial charge in [-0.2, -0.15) is 5.26 Å². The lowest BCUT2D eigenvalue weighted by atomic mass is 9.97. The van der Waals surface area contributed by atoms with E-state index in [2.05, 4.69) is 22.8 Å². The second-order valence-electron chi connectivity index (χ2n) is 11.5. The number of nitriles is 1. The Hall–Kier alpha value is -3.90. The average molecular weight is 524 g/mol. The third kappa shape index (κ3) is 3.73. The standard InChI is InChI=1S/C30H33N7O2/c1-16(14-31)23-8-6-19-10-25(35(29(19)33-23)15-18-4-5-18)28-17(2)36-26(34-28)11-20(12-27(36)39-3)30(38)37-21-7-9-24(37)22(32)13-21/h6,8,10-12,16,18,21-22,24H,4-5,7,9,13,15,32H2,1-3H3/t16?,21-,22+,24+/m0/s1. The van der Waals surface area contributed by atoms with Crippen molar-refractivity contribution in [1.82, 2.24) is 23.8 Å². The van der Waals surface area contributed by atoms with E-state index in [-0.39, 0.29) is 30.0 Å². The zero-order chi connectivity index (χ0) is 27.0. The molecule has 4 aromatic heterocycles. The van der Waals surface area contributed by atoms with E-state index in [1.165, 1.54) is 12.8 Å². The molecule has 2 N–H and O–H groups in total. The van der Waals surface area contributed by atoms with Gasteiger partial charge in [0.2, 0.25) is 0 Å². The molecule has 4 atom stereocenters. The summed E-state index contributed by atoms with van der Waals surface area (Å²) in [6.45, 7) is 4.78. The van der Waals surface area contributed by atoms with Gasteiger partial charge in [0.25, 0.3) is 5.91 Å². The van der Waals surface area contributed by atoms with Crippen molar-refractivity contribution in [3.63, 3.8) is 0 Å². The van der Waals surface area contributed by atoms with Crippen LogP contribution >= 0.6 is 0 Å². The van der Waals surface area contributed by atoms with Gasteiger partial charge in [-0.15, -0.1) is 0 Å². The molecule has 2 saturated heterocycles. The number of ether oxygens (including phenoxy) is 1. The van der Waals surface area contributed by atoms with Crippen LogP contribution in [0, 0.1) is 24.2 Å². The van der Waals surface area contributed by atoms with Crippen LogP contribution in [-0.4, -0.2) is 55.0 Å². The number of carbonyl (C=O) groups is 1. The highest BCUT2D eigenvalue weighted by molar-refractivity contribution is 5.96. The molecule has 0 aromatic carbocycles. The predicted octanol–water partition coefficient (Wildman–Crippen LogP) is 4.41. The first kappa shape index (κ1) is 24.2.